The van der Waals surface area contributed by atoms with E-state index in [0.717, 1.165) is 25.9 Å². The van der Waals surface area contributed by atoms with Crippen molar-refractivity contribution in [2.24, 2.45) is 5.92 Å². The summed E-state index contributed by atoms with van der Waals surface area (Å²) in [5, 5.41) is 6.41. The first-order valence-corrected chi connectivity index (χ1v) is 7.25. The molecule has 0 radical (unpaired) electrons. The number of hydrogen-bond acceptors (Lipinski definition) is 3. The number of nitrogens with one attached hydrogen (secondary N) is 2. The zero-order valence-corrected chi connectivity index (χ0v) is 12.3. The van der Waals surface area contributed by atoms with Gasteiger partial charge in [0.1, 0.15) is 0 Å². The smallest absolute Gasteiger partial charge is 0.237 e. The van der Waals surface area contributed by atoms with E-state index in [4.69, 9.17) is 0 Å². The zero-order chi connectivity index (χ0) is 13.5. The second-order valence-electron chi connectivity index (χ2n) is 5.75. The van der Waals surface area contributed by atoms with Crippen LogP contribution in [0.3, 0.4) is 0 Å². The lowest BCUT2D eigenvalue weighted by atomic mass is 10.1. The molecule has 4 heteroatoms. The number of nitrogens with zero attached hydrogens (tertiary/aromatic N) is 1. The quantitative estimate of drug-likeness (QED) is 0.719. The van der Waals surface area contributed by atoms with Gasteiger partial charge in [0.05, 0.1) is 6.04 Å². The Morgan fingerprint density at radius 1 is 1.44 bits per heavy atom. The largest absolute Gasteiger partial charge is 0.352 e. The molecule has 3 atom stereocenters. The van der Waals surface area contributed by atoms with Crippen molar-refractivity contribution >= 4 is 5.91 Å². The molecule has 18 heavy (non-hydrogen) atoms. The standard InChI is InChI=1S/C14H29N3O/c1-5-6-11(2)16-14(18)12(3)15-9-13-7-8-17(4)10-13/h11-13,15H,5-10H2,1-4H3,(H,16,18). The highest BCUT2D eigenvalue weighted by atomic mass is 16.2. The molecule has 2 N–H and O–H groups in total. The van der Waals surface area contributed by atoms with Crippen LogP contribution < -0.4 is 10.6 Å². The lowest BCUT2D eigenvalue weighted by Crippen LogP contribution is -2.46. The molecule has 1 heterocycles. The van der Waals surface area contributed by atoms with E-state index >= 15 is 0 Å². The van der Waals surface area contributed by atoms with Gasteiger partial charge in [-0.05, 0) is 52.7 Å². The molecule has 1 amide bonds. The predicted molar refractivity (Wildman–Crippen MR) is 75.6 cm³/mol. The molecule has 0 aliphatic carbocycles. The fourth-order valence-electron chi connectivity index (χ4n) is 2.50. The van der Waals surface area contributed by atoms with Crippen molar-refractivity contribution in [2.45, 2.75) is 52.1 Å². The molecule has 1 saturated heterocycles. The minimum absolute atomic E-state index is 0.0878. The normalized spacial score (nSPS) is 23.9. The Morgan fingerprint density at radius 2 is 2.17 bits per heavy atom. The minimum Gasteiger partial charge on any atom is -0.352 e. The van der Waals surface area contributed by atoms with E-state index in [9.17, 15) is 4.79 Å². The van der Waals surface area contributed by atoms with Crippen LogP contribution in [0, 0.1) is 5.92 Å². The number of likely N-dealkylation sites (tertiary alicyclic amines) is 1. The zero-order valence-electron chi connectivity index (χ0n) is 12.3. The third-order valence-corrected chi connectivity index (χ3v) is 3.71. The molecule has 1 rings (SSSR count). The van der Waals surface area contributed by atoms with Crippen molar-refractivity contribution < 1.29 is 4.79 Å². The summed E-state index contributed by atoms with van der Waals surface area (Å²) in [7, 11) is 2.16. The molecule has 0 aromatic rings. The monoisotopic (exact) mass is 255 g/mol. The van der Waals surface area contributed by atoms with Crippen LogP contribution >= 0.6 is 0 Å². The van der Waals surface area contributed by atoms with Crippen LogP contribution in [-0.2, 0) is 4.79 Å². The van der Waals surface area contributed by atoms with E-state index in [1.807, 2.05) is 6.92 Å². The predicted octanol–water partition coefficient (Wildman–Crippen LogP) is 1.22. The molecule has 0 bridgehead atoms. The minimum atomic E-state index is -0.0878. The lowest BCUT2D eigenvalue weighted by Gasteiger charge is -2.19. The Balaban J connectivity index is 2.19. The summed E-state index contributed by atoms with van der Waals surface area (Å²) < 4.78 is 0. The molecule has 1 fully saturated rings. The highest BCUT2D eigenvalue weighted by molar-refractivity contribution is 5.81. The summed E-state index contributed by atoms with van der Waals surface area (Å²) in [6, 6.07) is 0.194. The van der Waals surface area contributed by atoms with Gasteiger partial charge in [0, 0.05) is 12.6 Å². The summed E-state index contributed by atoms with van der Waals surface area (Å²) in [5.74, 6) is 0.820. The maximum Gasteiger partial charge on any atom is 0.237 e. The first kappa shape index (κ1) is 15.4. The van der Waals surface area contributed by atoms with Gasteiger partial charge >= 0.3 is 0 Å². The Bertz CT molecular complexity index is 257. The number of carbonyl (C=O) groups is 1. The van der Waals surface area contributed by atoms with Gasteiger partial charge in [0.15, 0.2) is 0 Å². The Labute approximate surface area is 111 Å². The van der Waals surface area contributed by atoms with E-state index in [1.54, 1.807) is 0 Å². The van der Waals surface area contributed by atoms with Gasteiger partial charge < -0.3 is 15.5 Å². The van der Waals surface area contributed by atoms with Gasteiger partial charge in [-0.25, -0.2) is 0 Å². The van der Waals surface area contributed by atoms with Crippen molar-refractivity contribution in [3.05, 3.63) is 0 Å². The van der Waals surface area contributed by atoms with Gasteiger partial charge in [-0.1, -0.05) is 13.3 Å². The lowest BCUT2D eigenvalue weighted by molar-refractivity contribution is -0.123. The maximum absolute atomic E-state index is 11.9. The van der Waals surface area contributed by atoms with Gasteiger partial charge in [-0.2, -0.15) is 0 Å². The number of hydrogen-bond donors (Lipinski definition) is 2. The fraction of sp³-hybridized carbons (Fsp3) is 0.929. The van der Waals surface area contributed by atoms with Gasteiger partial charge in [0.25, 0.3) is 0 Å². The van der Waals surface area contributed by atoms with Crippen LogP contribution in [-0.4, -0.2) is 49.6 Å². The van der Waals surface area contributed by atoms with Crippen LogP contribution in [0.25, 0.3) is 0 Å². The summed E-state index contributed by atoms with van der Waals surface area (Å²) in [4.78, 5) is 14.3. The van der Waals surface area contributed by atoms with Crippen LogP contribution in [0.5, 0.6) is 0 Å². The van der Waals surface area contributed by atoms with E-state index in [1.165, 1.54) is 13.0 Å². The van der Waals surface area contributed by atoms with Gasteiger partial charge in [-0.3, -0.25) is 4.79 Å². The van der Waals surface area contributed by atoms with Crippen LogP contribution in [0.4, 0.5) is 0 Å². The average Bonchev–Trinajstić information content (AvgIpc) is 2.72. The molecule has 0 aromatic carbocycles. The molecule has 3 unspecified atom stereocenters. The molecule has 0 saturated carbocycles. The highest BCUT2D eigenvalue weighted by Crippen LogP contribution is 2.12. The summed E-state index contributed by atoms with van der Waals surface area (Å²) in [5.41, 5.74) is 0. The van der Waals surface area contributed by atoms with E-state index < -0.39 is 0 Å². The number of amides is 1. The molecular weight excluding hydrogens is 226 g/mol. The molecule has 0 aromatic heterocycles. The second kappa shape index (κ2) is 7.74. The SMILES string of the molecule is CCCC(C)NC(=O)C(C)NCC1CCN(C)C1. The van der Waals surface area contributed by atoms with E-state index in [-0.39, 0.29) is 18.0 Å². The van der Waals surface area contributed by atoms with Gasteiger partial charge in [-0.15, -0.1) is 0 Å². The second-order valence-corrected chi connectivity index (χ2v) is 5.75. The molecule has 1 aliphatic rings. The molecular formula is C14H29N3O. The first-order valence-electron chi connectivity index (χ1n) is 7.25. The van der Waals surface area contributed by atoms with Crippen molar-refractivity contribution in [1.82, 2.24) is 15.5 Å². The van der Waals surface area contributed by atoms with E-state index in [2.05, 4.69) is 36.4 Å². The molecule has 4 nitrogen and oxygen atoms in total. The number of carbonyl (C=O) groups excluding carboxylic acids is 1. The summed E-state index contributed by atoms with van der Waals surface area (Å²) in [6.45, 7) is 9.43. The third-order valence-electron chi connectivity index (χ3n) is 3.71. The third kappa shape index (κ3) is 5.36. The topological polar surface area (TPSA) is 44.4 Å². The van der Waals surface area contributed by atoms with Crippen molar-refractivity contribution in [1.29, 1.82) is 0 Å². The van der Waals surface area contributed by atoms with E-state index in [0.29, 0.717) is 5.92 Å². The summed E-state index contributed by atoms with van der Waals surface area (Å²) in [6.07, 6.45) is 3.40. The van der Waals surface area contributed by atoms with Crippen molar-refractivity contribution in [3.8, 4) is 0 Å². The van der Waals surface area contributed by atoms with Crippen LogP contribution in [0.2, 0.25) is 0 Å². The van der Waals surface area contributed by atoms with Crippen LogP contribution in [0.1, 0.15) is 40.0 Å². The van der Waals surface area contributed by atoms with Crippen molar-refractivity contribution in [3.63, 3.8) is 0 Å². The molecule has 1 aliphatic heterocycles. The maximum atomic E-state index is 11.9. The van der Waals surface area contributed by atoms with Crippen molar-refractivity contribution in [2.75, 3.05) is 26.7 Å². The molecule has 0 spiro atoms. The Hall–Kier alpha value is -0.610. The Morgan fingerprint density at radius 3 is 2.72 bits per heavy atom. The fourth-order valence-corrected chi connectivity index (χ4v) is 2.50. The summed E-state index contributed by atoms with van der Waals surface area (Å²) >= 11 is 0. The highest BCUT2D eigenvalue weighted by Gasteiger charge is 2.21. The van der Waals surface area contributed by atoms with Gasteiger partial charge in [0.2, 0.25) is 5.91 Å². The molecule has 106 valence electrons. The average molecular weight is 255 g/mol. The number of rotatable bonds is 7. The Kier molecular flexibility index (Phi) is 6.65. The van der Waals surface area contributed by atoms with Crippen LogP contribution in [0.15, 0.2) is 0 Å². The first-order chi connectivity index (χ1) is 8.52.